The van der Waals surface area contributed by atoms with E-state index in [0.717, 1.165) is 6.42 Å². The maximum Gasteiger partial charge on any atom is 0.411 e. The first kappa shape index (κ1) is 39.0. The van der Waals surface area contributed by atoms with Crippen molar-refractivity contribution in [1.82, 2.24) is 9.80 Å². The summed E-state index contributed by atoms with van der Waals surface area (Å²) in [5, 5.41) is 15.4. The average molecular weight is 668 g/mol. The summed E-state index contributed by atoms with van der Waals surface area (Å²) < 4.78 is 31.2. The summed E-state index contributed by atoms with van der Waals surface area (Å²) in [7, 11) is 5.59. The van der Waals surface area contributed by atoms with Crippen molar-refractivity contribution >= 4 is 17.8 Å². The molecule has 0 aromatic carbocycles. The molecule has 0 spiro atoms. The Bertz CT molecular complexity index is 1180. The number of aliphatic hydroxyl groups is 1. The van der Waals surface area contributed by atoms with Crippen molar-refractivity contribution in [2.45, 2.75) is 136 Å². The fraction of sp³-hybridized carbons (Fsp3) is 0.909. The van der Waals surface area contributed by atoms with Gasteiger partial charge in [0.15, 0.2) is 11.9 Å². The van der Waals surface area contributed by atoms with Gasteiger partial charge in [-0.05, 0) is 66.6 Å². The Labute approximate surface area is 279 Å². The van der Waals surface area contributed by atoms with Crippen molar-refractivity contribution in [3.63, 3.8) is 0 Å². The highest BCUT2D eigenvalue weighted by Crippen LogP contribution is 2.43. The topological polar surface area (TPSA) is 173 Å². The molecule has 0 bridgehead atoms. The van der Waals surface area contributed by atoms with Gasteiger partial charge >= 0.3 is 12.1 Å². The number of hydrogen-bond donors (Lipinski definition) is 1. The van der Waals surface area contributed by atoms with Gasteiger partial charge in [-0.1, -0.05) is 39.7 Å². The lowest BCUT2D eigenvalue weighted by Gasteiger charge is -2.48. The maximum absolute atomic E-state index is 14.3. The lowest BCUT2D eigenvalue weighted by atomic mass is 9.73. The molecule has 3 rings (SSSR count). The van der Waals surface area contributed by atoms with Crippen molar-refractivity contribution in [1.29, 1.82) is 0 Å². The average Bonchev–Trinajstić information content (AvgIpc) is 3.28. The third-order valence-corrected chi connectivity index (χ3v) is 11.0. The number of methoxy groups -OCH3 is 1. The highest BCUT2D eigenvalue weighted by Gasteiger charge is 2.60. The molecule has 3 aliphatic heterocycles. The van der Waals surface area contributed by atoms with Gasteiger partial charge in [0, 0.05) is 41.7 Å². The first-order chi connectivity index (χ1) is 21.9. The minimum Gasteiger partial charge on any atom is -0.458 e. The van der Waals surface area contributed by atoms with Crippen LogP contribution in [0.1, 0.15) is 81.6 Å². The van der Waals surface area contributed by atoms with Gasteiger partial charge in [-0.15, -0.1) is 0 Å². The number of ether oxygens (including phenoxy) is 5. The standard InChI is InChI=1S/C33H57N5O9/c1-13-24-33(9)27(38(16-35-36-34)31(42)47-33)20(5)25(39)17(2)15-32(8,43-12)28(21(6)26(40)22(7)29(41)45-24)46-30-19(4)23(37(10)11)14-18(3)44-30/h17-24,26-28,30,40H,13-16H2,1-12H3/t17-,18?,19?,20+,21+,22-,23?,24?,26+,27-,28-,30?,32+,33-/m1/s1. The van der Waals surface area contributed by atoms with E-state index in [4.69, 9.17) is 29.2 Å². The summed E-state index contributed by atoms with van der Waals surface area (Å²) in [6, 6.07) is -0.742. The number of nitrogens with zero attached hydrogens (tertiary/aromatic N) is 5. The zero-order valence-corrected chi connectivity index (χ0v) is 30.2. The monoisotopic (exact) mass is 667 g/mol. The van der Waals surface area contributed by atoms with Crippen molar-refractivity contribution in [3.8, 4) is 0 Å². The Morgan fingerprint density at radius 1 is 1.09 bits per heavy atom. The second-order valence-corrected chi connectivity index (χ2v) is 14.6. The summed E-state index contributed by atoms with van der Waals surface area (Å²) in [6.07, 6.45) is -3.23. The lowest BCUT2D eigenvalue weighted by Crippen LogP contribution is -2.59. The second kappa shape index (κ2) is 15.4. The number of cyclic esters (lactones) is 1. The molecular weight excluding hydrogens is 610 g/mol. The molecule has 5 unspecified atom stereocenters. The molecule has 14 heteroatoms. The zero-order chi connectivity index (χ0) is 35.6. The summed E-state index contributed by atoms with van der Waals surface area (Å²) in [6.45, 7) is 15.9. The van der Waals surface area contributed by atoms with Crippen LogP contribution in [0.15, 0.2) is 5.11 Å². The van der Waals surface area contributed by atoms with Crippen LogP contribution in [0.25, 0.3) is 10.4 Å². The number of hydrogen-bond acceptors (Lipinski definition) is 11. The molecule has 47 heavy (non-hydrogen) atoms. The van der Waals surface area contributed by atoms with E-state index in [1.807, 2.05) is 27.9 Å². The molecular formula is C33H57N5O9. The quantitative estimate of drug-likeness (QED) is 0.176. The van der Waals surface area contributed by atoms with Crippen molar-refractivity contribution in [2.24, 2.45) is 34.7 Å². The number of esters is 1. The smallest absolute Gasteiger partial charge is 0.411 e. The summed E-state index contributed by atoms with van der Waals surface area (Å²) >= 11 is 0. The predicted molar refractivity (Wildman–Crippen MR) is 173 cm³/mol. The number of ketones is 1. The van der Waals surface area contributed by atoms with Crippen LogP contribution in [-0.4, -0.2) is 115 Å². The highest BCUT2D eigenvalue weighted by atomic mass is 16.7. The van der Waals surface area contributed by atoms with E-state index in [9.17, 15) is 19.5 Å². The zero-order valence-electron chi connectivity index (χ0n) is 30.2. The number of fused-ring (bicyclic) bond motifs is 1. The number of aliphatic hydroxyl groups excluding tert-OH is 1. The fourth-order valence-electron chi connectivity index (χ4n) is 8.20. The van der Waals surface area contributed by atoms with Gasteiger partial charge in [0.25, 0.3) is 0 Å². The largest absolute Gasteiger partial charge is 0.458 e. The first-order valence-corrected chi connectivity index (χ1v) is 16.8. The van der Waals surface area contributed by atoms with Crippen LogP contribution in [0.4, 0.5) is 4.79 Å². The molecule has 14 nitrogen and oxygen atoms in total. The normalized spacial score (nSPS) is 43.9. The van der Waals surface area contributed by atoms with Crippen LogP contribution in [0.5, 0.6) is 0 Å². The molecule has 268 valence electrons. The maximum atomic E-state index is 14.3. The van der Waals surface area contributed by atoms with E-state index >= 15 is 0 Å². The Morgan fingerprint density at radius 2 is 1.72 bits per heavy atom. The van der Waals surface area contributed by atoms with Crippen molar-refractivity contribution in [2.75, 3.05) is 27.9 Å². The number of carbonyl (C=O) groups excluding carboxylic acids is 3. The Morgan fingerprint density at radius 3 is 2.28 bits per heavy atom. The number of Topliss-reactive ketones (excluding diaryl/α,β-unsaturated/α-hetero) is 1. The van der Waals surface area contributed by atoms with Gasteiger partial charge in [0.05, 0.1) is 35.9 Å². The van der Waals surface area contributed by atoms with E-state index in [1.165, 1.54) is 4.90 Å². The molecule has 3 fully saturated rings. The summed E-state index contributed by atoms with van der Waals surface area (Å²) in [4.78, 5) is 47.4. The Kier molecular flexibility index (Phi) is 12.8. The molecule has 1 amide bonds. The van der Waals surface area contributed by atoms with Gasteiger partial charge < -0.3 is 33.7 Å². The van der Waals surface area contributed by atoms with Crippen LogP contribution in [0.2, 0.25) is 0 Å². The molecule has 14 atom stereocenters. The van der Waals surface area contributed by atoms with E-state index < -0.39 is 77.6 Å². The van der Waals surface area contributed by atoms with E-state index in [1.54, 1.807) is 48.7 Å². The van der Waals surface area contributed by atoms with Gasteiger partial charge in [-0.3, -0.25) is 14.5 Å². The second-order valence-electron chi connectivity index (χ2n) is 14.6. The molecule has 0 aromatic rings. The van der Waals surface area contributed by atoms with Gasteiger partial charge in [0.2, 0.25) is 0 Å². The van der Waals surface area contributed by atoms with Gasteiger partial charge in [0.1, 0.15) is 18.6 Å². The molecule has 3 heterocycles. The van der Waals surface area contributed by atoms with Crippen molar-refractivity contribution in [3.05, 3.63) is 10.4 Å². The van der Waals surface area contributed by atoms with Gasteiger partial charge in [-0.25, -0.2) is 4.79 Å². The molecule has 3 saturated heterocycles. The van der Waals surface area contributed by atoms with Crippen LogP contribution in [0.3, 0.4) is 0 Å². The van der Waals surface area contributed by atoms with Crippen LogP contribution in [0, 0.1) is 29.6 Å². The molecule has 0 saturated carbocycles. The van der Waals surface area contributed by atoms with E-state index in [0.29, 0.717) is 0 Å². The SMILES string of the molecule is CCC1OC(=O)[C@H](C)[C@@H](O)[C@H](C)[C@@H](OC2OC(C)CC(N(C)C)C2C)[C@@](C)(OC)C[C@@H](C)C(=O)[C@H](C)[C@H]2N(CN=[N+]=[N-])C(=O)O[C@]12C. The number of carbonyl (C=O) groups is 3. The molecule has 3 aliphatic rings. The molecule has 0 radical (unpaired) electrons. The highest BCUT2D eigenvalue weighted by molar-refractivity contribution is 5.85. The van der Waals surface area contributed by atoms with Crippen molar-refractivity contribution < 1.29 is 43.2 Å². The fourth-order valence-corrected chi connectivity index (χ4v) is 8.20. The molecule has 1 N–H and O–H groups in total. The third kappa shape index (κ3) is 7.73. The van der Waals surface area contributed by atoms with Crippen LogP contribution >= 0.6 is 0 Å². The summed E-state index contributed by atoms with van der Waals surface area (Å²) in [5.74, 6) is -3.98. The minimum absolute atomic E-state index is 0.0360. The third-order valence-electron chi connectivity index (χ3n) is 11.0. The Balaban J connectivity index is 2.14. The van der Waals surface area contributed by atoms with Crippen LogP contribution < -0.4 is 0 Å². The lowest BCUT2D eigenvalue weighted by molar-refractivity contribution is -0.287. The molecule has 0 aromatic heterocycles. The first-order valence-electron chi connectivity index (χ1n) is 16.8. The molecule has 0 aliphatic carbocycles. The predicted octanol–water partition coefficient (Wildman–Crippen LogP) is 4.53. The number of amides is 1. The number of rotatable bonds is 7. The number of azide groups is 1. The summed E-state index contributed by atoms with van der Waals surface area (Å²) in [5.41, 5.74) is 6.46. The van der Waals surface area contributed by atoms with E-state index in [-0.39, 0.29) is 43.4 Å². The van der Waals surface area contributed by atoms with E-state index in [2.05, 4.69) is 21.8 Å². The minimum atomic E-state index is -1.45. The van der Waals surface area contributed by atoms with Gasteiger partial charge in [-0.2, -0.15) is 0 Å². The van der Waals surface area contributed by atoms with Crippen LogP contribution in [-0.2, 0) is 33.3 Å². The Hall–Kier alpha value is -2.48.